The number of methoxy groups -OCH3 is 1. The number of hydrogen-bond acceptors (Lipinski definition) is 5. The Morgan fingerprint density at radius 1 is 1.15 bits per heavy atom. The molecule has 8 heteroatoms. The van der Waals surface area contributed by atoms with Crippen LogP contribution in [-0.2, 0) is 14.0 Å². The number of carbonyl (C=O) groups excluding carboxylic acids is 1. The van der Waals surface area contributed by atoms with Crippen LogP contribution >= 0.6 is 0 Å². The molecule has 1 aromatic rings. The molecule has 1 aliphatic rings. The standard InChI is InChI=1S/C33H51NO5SeSi/c1-8-9-12-17-27(39-41(6,7)33(2,3)4)24-22-26-23-25-30(40-31-20-16-15-19-29(31)34(36)37)28(26)18-13-10-11-14-21-32(35)38-5/h10,13,15-16,19-20,22-28,30H,8-9,11-12,14,17-18,21H2,1-7H3/b13-10-,24-22+/t26-,27-,28+,30+/m0/s1. The topological polar surface area (TPSA) is 78.7 Å². The molecule has 0 aliphatic heterocycles. The van der Waals surface area contributed by atoms with E-state index in [2.05, 4.69) is 77.2 Å². The van der Waals surface area contributed by atoms with E-state index in [0.717, 1.165) is 36.6 Å². The minimum atomic E-state index is -1.92. The fourth-order valence-corrected chi connectivity index (χ4v) is 8.80. The molecule has 1 aliphatic carbocycles. The Labute approximate surface area is 255 Å². The number of rotatable bonds is 17. The van der Waals surface area contributed by atoms with Gasteiger partial charge in [-0.3, -0.25) is 0 Å². The van der Waals surface area contributed by atoms with Crippen molar-refractivity contribution in [2.75, 3.05) is 7.11 Å². The first kappa shape index (κ1) is 35.2. The van der Waals surface area contributed by atoms with Crippen LogP contribution in [0.1, 0.15) is 79.1 Å². The molecule has 0 spiro atoms. The summed E-state index contributed by atoms with van der Waals surface area (Å²) in [5.74, 6) is 0.400. The number of unbranched alkanes of at least 4 members (excludes halogenated alkanes) is 3. The predicted molar refractivity (Wildman–Crippen MR) is 173 cm³/mol. The van der Waals surface area contributed by atoms with E-state index in [1.807, 2.05) is 12.1 Å². The molecule has 0 bridgehead atoms. The summed E-state index contributed by atoms with van der Waals surface area (Å²) in [5, 5.41) is 11.8. The van der Waals surface area contributed by atoms with Crippen molar-refractivity contribution in [2.24, 2.45) is 11.8 Å². The van der Waals surface area contributed by atoms with E-state index in [9.17, 15) is 14.9 Å². The second-order valence-electron chi connectivity index (χ2n) is 12.4. The van der Waals surface area contributed by atoms with E-state index in [1.54, 1.807) is 12.1 Å². The monoisotopic (exact) mass is 649 g/mol. The van der Waals surface area contributed by atoms with Crippen molar-refractivity contribution >= 4 is 39.4 Å². The summed E-state index contributed by atoms with van der Waals surface area (Å²) in [6.45, 7) is 13.7. The van der Waals surface area contributed by atoms with Crippen LogP contribution in [0.4, 0.5) is 5.69 Å². The summed E-state index contributed by atoms with van der Waals surface area (Å²) in [7, 11) is -0.502. The van der Waals surface area contributed by atoms with Gasteiger partial charge in [0.15, 0.2) is 0 Å². The number of nitro benzene ring substituents is 1. The zero-order valence-electron chi connectivity index (χ0n) is 26.1. The first-order chi connectivity index (χ1) is 19.4. The number of nitrogens with zero attached hydrogens (tertiary/aromatic N) is 1. The first-order valence-corrected chi connectivity index (χ1v) is 19.8. The molecule has 0 unspecified atom stereocenters. The van der Waals surface area contributed by atoms with Crippen LogP contribution < -0.4 is 4.46 Å². The maximum absolute atomic E-state index is 11.7. The summed E-state index contributed by atoms with van der Waals surface area (Å²) >= 11 is -0.0652. The van der Waals surface area contributed by atoms with Crippen molar-refractivity contribution in [3.8, 4) is 0 Å². The van der Waals surface area contributed by atoms with E-state index in [-0.39, 0.29) is 53.4 Å². The van der Waals surface area contributed by atoms with Crippen molar-refractivity contribution in [2.45, 2.75) is 108 Å². The summed E-state index contributed by atoms with van der Waals surface area (Å²) in [6, 6.07) is 7.16. The van der Waals surface area contributed by atoms with Crippen LogP contribution in [0.25, 0.3) is 0 Å². The Hall–Kier alpha value is -1.99. The van der Waals surface area contributed by atoms with E-state index < -0.39 is 8.32 Å². The van der Waals surface area contributed by atoms with Gasteiger partial charge in [0.25, 0.3) is 0 Å². The molecule has 6 nitrogen and oxygen atoms in total. The number of benzene rings is 1. The van der Waals surface area contributed by atoms with E-state index in [1.165, 1.54) is 20.0 Å². The Bertz CT molecular complexity index is 1060. The van der Waals surface area contributed by atoms with Gasteiger partial charge in [-0.1, -0.05) is 0 Å². The van der Waals surface area contributed by atoms with Gasteiger partial charge in [0.1, 0.15) is 0 Å². The number of allylic oxidation sites excluding steroid dienone is 5. The Balaban J connectivity index is 2.23. The van der Waals surface area contributed by atoms with E-state index in [0.29, 0.717) is 12.3 Å². The number of hydrogen-bond donors (Lipinski definition) is 0. The predicted octanol–water partition coefficient (Wildman–Crippen LogP) is 8.33. The molecule has 41 heavy (non-hydrogen) atoms. The van der Waals surface area contributed by atoms with Gasteiger partial charge in [-0.15, -0.1) is 0 Å². The number of para-hydroxylation sites is 1. The molecule has 0 heterocycles. The third-order valence-corrected chi connectivity index (χ3v) is 15.6. The summed E-state index contributed by atoms with van der Waals surface area (Å²) in [5.41, 5.74) is 0.218. The van der Waals surface area contributed by atoms with Gasteiger partial charge < -0.3 is 0 Å². The number of ether oxygens (including phenoxy) is 1. The SMILES string of the molecule is CCCCC[C@@H](/C=C/[C@H]1C=C[C@@H]([Se]c2ccccc2[N+](=O)[O-])[C@@H]1C/C=C\CCCC(=O)OC)O[Si](C)(C)C(C)(C)C. The van der Waals surface area contributed by atoms with Crippen molar-refractivity contribution < 1.29 is 18.9 Å². The molecular formula is C33H51NO5SeSi. The third kappa shape index (κ3) is 11.7. The summed E-state index contributed by atoms with van der Waals surface area (Å²) in [4.78, 5) is 23.1. The Kier molecular flexibility index (Phi) is 14.8. The van der Waals surface area contributed by atoms with E-state index >= 15 is 0 Å². The third-order valence-electron chi connectivity index (χ3n) is 8.21. The quantitative estimate of drug-likeness (QED) is 0.0424. The van der Waals surface area contributed by atoms with Gasteiger partial charge in [-0.25, -0.2) is 0 Å². The molecule has 4 atom stereocenters. The van der Waals surface area contributed by atoms with Gasteiger partial charge >= 0.3 is 256 Å². The molecule has 0 N–H and O–H groups in total. The second kappa shape index (κ2) is 17.2. The van der Waals surface area contributed by atoms with E-state index in [4.69, 9.17) is 9.16 Å². The molecule has 228 valence electrons. The molecule has 2 rings (SSSR count). The minimum absolute atomic E-state index is 0.0652. The number of carbonyl (C=O) groups is 1. The number of nitro groups is 1. The van der Waals surface area contributed by atoms with Crippen molar-refractivity contribution in [3.63, 3.8) is 0 Å². The van der Waals surface area contributed by atoms with Gasteiger partial charge in [-0.05, 0) is 0 Å². The molecule has 1 aromatic carbocycles. The van der Waals surface area contributed by atoms with Crippen molar-refractivity contribution in [3.05, 3.63) is 70.8 Å². The van der Waals surface area contributed by atoms with Crippen molar-refractivity contribution in [1.29, 1.82) is 0 Å². The summed E-state index contributed by atoms with van der Waals surface area (Å²) < 4.78 is 12.5. The Morgan fingerprint density at radius 3 is 2.54 bits per heavy atom. The molecule has 0 aromatic heterocycles. The average molecular weight is 649 g/mol. The van der Waals surface area contributed by atoms with Gasteiger partial charge in [0.05, 0.1) is 0 Å². The molecule has 0 amide bonds. The zero-order valence-corrected chi connectivity index (χ0v) is 28.8. The Morgan fingerprint density at radius 2 is 1.88 bits per heavy atom. The van der Waals surface area contributed by atoms with Crippen LogP contribution in [-0.4, -0.2) is 47.4 Å². The van der Waals surface area contributed by atoms with Crippen molar-refractivity contribution in [1.82, 2.24) is 0 Å². The normalized spacial score (nSPS) is 20.2. The fourth-order valence-electron chi connectivity index (χ4n) is 4.66. The molecule has 0 saturated heterocycles. The van der Waals surface area contributed by atoms with Crippen LogP contribution in [0.15, 0.2) is 60.7 Å². The molecular weight excluding hydrogens is 597 g/mol. The molecule has 0 radical (unpaired) electrons. The number of esters is 1. The van der Waals surface area contributed by atoms with Crippen LogP contribution in [0, 0.1) is 22.0 Å². The van der Waals surface area contributed by atoms with Gasteiger partial charge in [0.2, 0.25) is 0 Å². The van der Waals surface area contributed by atoms with Crippen LogP contribution in [0.2, 0.25) is 22.9 Å². The summed E-state index contributed by atoms with van der Waals surface area (Å²) in [6.07, 6.45) is 21.2. The fraction of sp³-hybridized carbons (Fsp3) is 0.606. The second-order valence-corrected chi connectivity index (χ2v) is 19.7. The maximum atomic E-state index is 11.7. The first-order valence-electron chi connectivity index (χ1n) is 15.1. The van der Waals surface area contributed by atoms with Gasteiger partial charge in [0, 0.05) is 0 Å². The molecule has 0 fully saturated rings. The molecule has 0 saturated carbocycles. The van der Waals surface area contributed by atoms with Gasteiger partial charge in [-0.2, -0.15) is 0 Å². The average Bonchev–Trinajstić information content (AvgIpc) is 3.29. The zero-order chi connectivity index (χ0) is 30.5. The van der Waals surface area contributed by atoms with Crippen LogP contribution in [0.3, 0.4) is 0 Å². The van der Waals surface area contributed by atoms with Crippen LogP contribution in [0.5, 0.6) is 0 Å².